The number of hydrogen-bond acceptors (Lipinski definition) is 5. The van der Waals surface area contributed by atoms with Crippen LogP contribution in [0.4, 0.5) is 5.82 Å². The van der Waals surface area contributed by atoms with Crippen LogP contribution in [-0.4, -0.2) is 33.7 Å². The zero-order valence-corrected chi connectivity index (χ0v) is 14.6. The Balaban J connectivity index is 2.80. The Kier molecular flexibility index (Phi) is 5.89. The van der Waals surface area contributed by atoms with Crippen LogP contribution in [0.15, 0.2) is 23.0 Å². The van der Waals surface area contributed by atoms with E-state index in [2.05, 4.69) is 4.98 Å². The third-order valence-corrected chi connectivity index (χ3v) is 3.92. The van der Waals surface area contributed by atoms with Gasteiger partial charge in [-0.2, -0.15) is 0 Å². The van der Waals surface area contributed by atoms with Crippen molar-refractivity contribution in [3.8, 4) is 16.9 Å². The molecule has 0 unspecified atom stereocenters. The number of halogens is 1. The Labute approximate surface area is 153 Å². The van der Waals surface area contributed by atoms with Gasteiger partial charge in [-0.05, 0) is 24.1 Å². The van der Waals surface area contributed by atoms with Crippen LogP contribution in [0.25, 0.3) is 11.1 Å². The molecule has 0 fully saturated rings. The van der Waals surface area contributed by atoms with Crippen molar-refractivity contribution < 1.29 is 24.5 Å². The Morgan fingerprint density at radius 2 is 1.88 bits per heavy atom. The van der Waals surface area contributed by atoms with E-state index >= 15 is 0 Å². The first-order valence-electron chi connectivity index (χ1n) is 7.66. The van der Waals surface area contributed by atoms with Crippen LogP contribution < -0.4 is 16.0 Å². The van der Waals surface area contributed by atoms with Gasteiger partial charge in [-0.3, -0.25) is 4.79 Å². The van der Waals surface area contributed by atoms with Crippen LogP contribution in [-0.2, 0) is 5.88 Å². The number of carboxylic acids is 2. The molecule has 0 aliphatic heterocycles. The molecule has 26 heavy (non-hydrogen) atoms. The Morgan fingerprint density at radius 3 is 2.42 bits per heavy atom. The molecule has 5 N–H and O–H groups in total. The maximum atomic E-state index is 12.1. The minimum atomic E-state index is -1.57. The molecule has 8 nitrogen and oxygen atoms in total. The molecule has 0 amide bonds. The molecule has 0 saturated heterocycles. The van der Waals surface area contributed by atoms with Gasteiger partial charge >= 0.3 is 11.9 Å². The maximum Gasteiger partial charge on any atom is 0.342 e. The SMILES string of the molecule is CCCOc1ccc(-c2c(C(=O)O)c(N)[nH]c(=O)c2C(=O)O)cc1CCl. The zero-order valence-electron chi connectivity index (χ0n) is 13.8. The molecule has 0 atom stereocenters. The molecule has 1 aromatic heterocycles. The number of anilines is 1. The summed E-state index contributed by atoms with van der Waals surface area (Å²) in [4.78, 5) is 37.3. The minimum Gasteiger partial charge on any atom is -0.493 e. The highest BCUT2D eigenvalue weighted by Crippen LogP contribution is 2.33. The highest BCUT2D eigenvalue weighted by atomic mass is 35.5. The number of alkyl halides is 1. The molecule has 9 heteroatoms. The molecule has 0 radical (unpaired) electrons. The van der Waals surface area contributed by atoms with Crippen molar-refractivity contribution in [1.82, 2.24) is 4.98 Å². The predicted octanol–water partition coefficient (Wildman–Crippen LogP) is 2.55. The molecule has 0 aliphatic carbocycles. The summed E-state index contributed by atoms with van der Waals surface area (Å²) < 4.78 is 5.56. The van der Waals surface area contributed by atoms with E-state index in [-0.39, 0.29) is 17.0 Å². The molecule has 138 valence electrons. The molecule has 0 aliphatic rings. The van der Waals surface area contributed by atoms with Crippen molar-refractivity contribution in [3.63, 3.8) is 0 Å². The zero-order chi connectivity index (χ0) is 19.4. The first kappa shape index (κ1) is 19.3. The van der Waals surface area contributed by atoms with E-state index in [0.717, 1.165) is 6.42 Å². The minimum absolute atomic E-state index is 0.0520. The van der Waals surface area contributed by atoms with Gasteiger partial charge in [-0.15, -0.1) is 11.6 Å². The largest absolute Gasteiger partial charge is 0.493 e. The monoisotopic (exact) mass is 380 g/mol. The van der Waals surface area contributed by atoms with Crippen LogP contribution in [0.3, 0.4) is 0 Å². The Hall–Kier alpha value is -3.00. The number of benzene rings is 1. The molecule has 1 heterocycles. The number of nitrogens with one attached hydrogen (secondary N) is 1. The molecule has 2 rings (SSSR count). The molecule has 0 spiro atoms. The maximum absolute atomic E-state index is 12.1. The smallest absolute Gasteiger partial charge is 0.342 e. The van der Waals surface area contributed by atoms with Crippen molar-refractivity contribution in [2.75, 3.05) is 12.3 Å². The summed E-state index contributed by atoms with van der Waals surface area (Å²) in [5.41, 5.74) is 3.86. The summed E-state index contributed by atoms with van der Waals surface area (Å²) in [7, 11) is 0. The number of rotatable bonds is 7. The van der Waals surface area contributed by atoms with Gasteiger partial charge in [-0.25, -0.2) is 9.59 Å². The third-order valence-electron chi connectivity index (χ3n) is 3.63. The number of aromatic nitrogens is 1. The van der Waals surface area contributed by atoms with Crippen molar-refractivity contribution in [3.05, 3.63) is 45.2 Å². The van der Waals surface area contributed by atoms with Crippen LogP contribution in [0.1, 0.15) is 39.6 Å². The summed E-state index contributed by atoms with van der Waals surface area (Å²) in [6, 6.07) is 4.51. The number of pyridine rings is 1. The lowest BCUT2D eigenvalue weighted by atomic mass is 9.94. The van der Waals surface area contributed by atoms with E-state index in [4.69, 9.17) is 22.1 Å². The summed E-state index contributed by atoms with van der Waals surface area (Å²) in [5, 5.41) is 18.9. The van der Waals surface area contributed by atoms with Crippen molar-refractivity contribution in [1.29, 1.82) is 0 Å². The number of hydrogen-bond donors (Lipinski definition) is 4. The van der Waals surface area contributed by atoms with Crippen molar-refractivity contribution >= 4 is 29.4 Å². The molecule has 0 bridgehead atoms. The second-order valence-electron chi connectivity index (χ2n) is 5.41. The summed E-state index contributed by atoms with van der Waals surface area (Å²) in [6.45, 7) is 2.40. The van der Waals surface area contributed by atoms with Gasteiger partial charge in [0.25, 0.3) is 5.56 Å². The first-order chi connectivity index (χ1) is 12.3. The number of aromatic amines is 1. The van der Waals surface area contributed by atoms with E-state index in [1.54, 1.807) is 6.07 Å². The number of nitrogen functional groups attached to an aromatic ring is 1. The van der Waals surface area contributed by atoms with E-state index < -0.39 is 34.4 Å². The third kappa shape index (κ3) is 3.65. The van der Waals surface area contributed by atoms with Gasteiger partial charge in [0.05, 0.1) is 12.5 Å². The summed E-state index contributed by atoms with van der Waals surface area (Å²) >= 11 is 5.93. The fourth-order valence-corrected chi connectivity index (χ4v) is 2.74. The number of carboxylic acid groups (broad SMARTS) is 2. The average Bonchev–Trinajstić information content (AvgIpc) is 2.58. The van der Waals surface area contributed by atoms with Crippen LogP contribution in [0, 0.1) is 0 Å². The lowest BCUT2D eigenvalue weighted by molar-refractivity contribution is 0.0695. The average molecular weight is 381 g/mol. The molecular formula is C17H17ClN2O6. The number of aromatic carboxylic acids is 2. The van der Waals surface area contributed by atoms with E-state index in [1.165, 1.54) is 12.1 Å². The number of nitrogens with two attached hydrogens (primary N) is 1. The van der Waals surface area contributed by atoms with Gasteiger partial charge in [0, 0.05) is 11.1 Å². The molecular weight excluding hydrogens is 364 g/mol. The Morgan fingerprint density at radius 1 is 1.23 bits per heavy atom. The lowest BCUT2D eigenvalue weighted by Gasteiger charge is -2.15. The standard InChI is InChI=1S/C17H17ClN2O6/c1-2-5-26-10-4-3-8(6-9(10)7-18)11-12(16(22)23)14(19)20-15(21)13(11)17(24)25/h3-4,6H,2,5,7H2,1H3,(H,22,23)(H,24,25)(H3,19,20,21). The highest BCUT2D eigenvalue weighted by Gasteiger charge is 2.27. The molecule has 0 saturated carbocycles. The van der Waals surface area contributed by atoms with Gasteiger partial charge in [0.15, 0.2) is 0 Å². The molecule has 2 aromatic rings. The van der Waals surface area contributed by atoms with E-state index in [1.807, 2.05) is 6.92 Å². The number of carbonyl (C=O) groups is 2. The van der Waals surface area contributed by atoms with Crippen LogP contribution >= 0.6 is 11.6 Å². The Bertz CT molecular complexity index is 922. The summed E-state index contributed by atoms with van der Waals surface area (Å²) in [5.74, 6) is -2.91. The number of H-pyrrole nitrogens is 1. The van der Waals surface area contributed by atoms with Gasteiger partial charge in [0.2, 0.25) is 0 Å². The normalized spacial score (nSPS) is 10.5. The second kappa shape index (κ2) is 7.92. The summed E-state index contributed by atoms with van der Waals surface area (Å²) in [6.07, 6.45) is 0.778. The fourth-order valence-electron chi connectivity index (χ4n) is 2.53. The highest BCUT2D eigenvalue weighted by molar-refractivity contribution is 6.17. The van der Waals surface area contributed by atoms with Gasteiger partial charge in [0.1, 0.15) is 22.7 Å². The van der Waals surface area contributed by atoms with E-state index in [0.29, 0.717) is 17.9 Å². The van der Waals surface area contributed by atoms with Crippen LogP contribution in [0.2, 0.25) is 0 Å². The quantitative estimate of drug-likeness (QED) is 0.540. The number of ether oxygens (including phenoxy) is 1. The van der Waals surface area contributed by atoms with Crippen molar-refractivity contribution in [2.45, 2.75) is 19.2 Å². The van der Waals surface area contributed by atoms with E-state index in [9.17, 15) is 24.6 Å². The van der Waals surface area contributed by atoms with Crippen molar-refractivity contribution in [2.24, 2.45) is 0 Å². The second-order valence-corrected chi connectivity index (χ2v) is 5.67. The van der Waals surface area contributed by atoms with Gasteiger partial charge < -0.3 is 25.7 Å². The fraction of sp³-hybridized carbons (Fsp3) is 0.235. The first-order valence-corrected chi connectivity index (χ1v) is 8.19. The topological polar surface area (TPSA) is 143 Å². The van der Waals surface area contributed by atoms with Gasteiger partial charge in [-0.1, -0.05) is 13.0 Å². The predicted molar refractivity (Wildman–Crippen MR) is 96.2 cm³/mol. The van der Waals surface area contributed by atoms with Crippen LogP contribution in [0.5, 0.6) is 5.75 Å². The lowest BCUT2D eigenvalue weighted by Crippen LogP contribution is -2.24. The molecule has 1 aromatic carbocycles.